The molecule has 6 nitrogen and oxygen atoms in total. The average Bonchev–Trinajstić information content (AvgIpc) is 3.31. The Bertz CT molecular complexity index is 1300. The molecule has 0 bridgehead atoms. The van der Waals surface area contributed by atoms with Crippen LogP contribution in [0.3, 0.4) is 0 Å². The maximum Gasteiger partial charge on any atom is 0.202 e. The number of rotatable bonds is 4. The predicted octanol–water partition coefficient (Wildman–Crippen LogP) is 5.10. The molecule has 0 atom stereocenters. The van der Waals surface area contributed by atoms with Crippen LogP contribution in [0.5, 0.6) is 0 Å². The Morgan fingerprint density at radius 2 is 1.72 bits per heavy atom. The van der Waals surface area contributed by atoms with Gasteiger partial charge in [-0.3, -0.25) is 9.55 Å². The van der Waals surface area contributed by atoms with Gasteiger partial charge in [0.15, 0.2) is 5.82 Å². The molecular weight excluding hydrogens is 400 g/mol. The topological polar surface area (TPSA) is 69.4 Å². The van der Waals surface area contributed by atoms with Gasteiger partial charge in [-0.2, -0.15) is 0 Å². The molecule has 0 aliphatic carbocycles. The minimum atomic E-state index is 0.756. The van der Waals surface area contributed by atoms with Gasteiger partial charge in [0.25, 0.3) is 0 Å². The Kier molecular flexibility index (Phi) is 4.57. The highest BCUT2D eigenvalue weighted by atomic mass is 32.2. The minimum Gasteiger partial charge on any atom is -0.270 e. The fraction of sp³-hybridized carbons (Fsp3) is 0.0952. The number of hydrogen-bond donors (Lipinski definition) is 0. The van der Waals surface area contributed by atoms with E-state index in [1.54, 1.807) is 30.1 Å². The third-order valence-electron chi connectivity index (χ3n) is 4.70. The van der Waals surface area contributed by atoms with Crippen LogP contribution in [-0.2, 0) is 0 Å². The summed E-state index contributed by atoms with van der Waals surface area (Å²) in [7, 11) is 0. The van der Waals surface area contributed by atoms with Gasteiger partial charge in [-0.05, 0) is 55.4 Å². The van der Waals surface area contributed by atoms with Crippen molar-refractivity contribution in [3.63, 3.8) is 0 Å². The molecule has 0 aliphatic heterocycles. The van der Waals surface area contributed by atoms with E-state index in [4.69, 9.17) is 0 Å². The smallest absolute Gasteiger partial charge is 0.202 e. The zero-order chi connectivity index (χ0) is 19.8. The summed E-state index contributed by atoms with van der Waals surface area (Å²) in [5.74, 6) is 0.768. The standard InChI is InChI=1S/C21H16N6S2/c1-13-14(2)28-19-17(13)20(24-12-23-19)29-21-26-25-18(15-8-10-22-11-9-15)27(21)16-6-4-3-5-7-16/h3-12H,1-2H3. The van der Waals surface area contributed by atoms with Crippen molar-refractivity contribution < 1.29 is 0 Å². The first-order valence-corrected chi connectivity index (χ1v) is 10.7. The lowest BCUT2D eigenvalue weighted by Crippen LogP contribution is -1.99. The van der Waals surface area contributed by atoms with E-state index in [0.717, 1.165) is 37.5 Å². The third-order valence-corrected chi connectivity index (χ3v) is 6.77. The summed E-state index contributed by atoms with van der Waals surface area (Å²) in [4.78, 5) is 15.4. The lowest BCUT2D eigenvalue weighted by atomic mass is 10.2. The molecule has 1 aromatic carbocycles. The Hall–Kier alpha value is -3.10. The molecule has 4 heterocycles. The van der Waals surface area contributed by atoms with Crippen molar-refractivity contribution in [1.82, 2.24) is 29.7 Å². The number of aryl methyl sites for hydroxylation is 2. The molecule has 0 N–H and O–H groups in total. The van der Waals surface area contributed by atoms with Crippen molar-refractivity contribution in [2.24, 2.45) is 0 Å². The highest BCUT2D eigenvalue weighted by Gasteiger charge is 2.20. The summed E-state index contributed by atoms with van der Waals surface area (Å²) < 4.78 is 2.06. The van der Waals surface area contributed by atoms with Crippen LogP contribution in [0, 0.1) is 13.8 Å². The number of hydrogen-bond acceptors (Lipinski definition) is 7. The summed E-state index contributed by atoms with van der Waals surface area (Å²) >= 11 is 3.20. The number of aromatic nitrogens is 6. The predicted molar refractivity (Wildman–Crippen MR) is 116 cm³/mol. The van der Waals surface area contributed by atoms with Gasteiger partial charge < -0.3 is 0 Å². The molecular formula is C21H16N6S2. The van der Waals surface area contributed by atoms with Gasteiger partial charge >= 0.3 is 0 Å². The summed E-state index contributed by atoms with van der Waals surface area (Å²) in [6, 6.07) is 14.0. The van der Waals surface area contributed by atoms with Crippen LogP contribution in [0.4, 0.5) is 0 Å². The number of para-hydroxylation sites is 1. The first-order valence-electron chi connectivity index (χ1n) is 9.02. The molecule has 0 radical (unpaired) electrons. The molecule has 5 rings (SSSR count). The van der Waals surface area contributed by atoms with E-state index in [-0.39, 0.29) is 0 Å². The number of nitrogens with zero attached hydrogens (tertiary/aromatic N) is 6. The lowest BCUT2D eigenvalue weighted by Gasteiger charge is -2.10. The lowest BCUT2D eigenvalue weighted by molar-refractivity contribution is 0.883. The van der Waals surface area contributed by atoms with Crippen LogP contribution in [0.15, 0.2) is 71.4 Å². The summed E-state index contributed by atoms with van der Waals surface area (Å²) in [5.41, 5.74) is 3.17. The van der Waals surface area contributed by atoms with Crippen molar-refractivity contribution >= 4 is 33.3 Å². The van der Waals surface area contributed by atoms with Crippen LogP contribution < -0.4 is 0 Å². The maximum atomic E-state index is 4.56. The van der Waals surface area contributed by atoms with E-state index in [9.17, 15) is 0 Å². The summed E-state index contributed by atoms with van der Waals surface area (Å²) in [6.07, 6.45) is 5.14. The van der Waals surface area contributed by atoms with Crippen molar-refractivity contribution in [3.8, 4) is 17.1 Å². The Morgan fingerprint density at radius 1 is 0.931 bits per heavy atom. The first-order chi connectivity index (χ1) is 14.2. The number of pyridine rings is 1. The van der Waals surface area contributed by atoms with E-state index in [1.165, 1.54) is 22.2 Å². The average molecular weight is 417 g/mol. The van der Waals surface area contributed by atoms with Crippen molar-refractivity contribution in [3.05, 3.63) is 71.6 Å². The van der Waals surface area contributed by atoms with Crippen molar-refractivity contribution in [2.75, 3.05) is 0 Å². The molecule has 0 spiro atoms. The zero-order valence-corrected chi connectivity index (χ0v) is 17.4. The van der Waals surface area contributed by atoms with E-state index in [1.807, 2.05) is 42.5 Å². The highest BCUT2D eigenvalue weighted by Crippen LogP contribution is 2.38. The van der Waals surface area contributed by atoms with Gasteiger partial charge in [0.1, 0.15) is 16.2 Å². The molecule has 0 unspecified atom stereocenters. The molecule has 0 saturated heterocycles. The summed E-state index contributed by atoms with van der Waals surface area (Å²) in [6.45, 7) is 4.23. The molecule has 5 aromatic rings. The van der Waals surface area contributed by atoms with E-state index in [2.05, 4.69) is 43.6 Å². The largest absolute Gasteiger partial charge is 0.270 e. The number of benzene rings is 1. The molecule has 8 heteroatoms. The van der Waals surface area contributed by atoms with Gasteiger partial charge in [0.05, 0.1) is 0 Å². The third kappa shape index (κ3) is 3.20. The Morgan fingerprint density at radius 3 is 2.52 bits per heavy atom. The van der Waals surface area contributed by atoms with Gasteiger partial charge in [0.2, 0.25) is 5.16 Å². The van der Waals surface area contributed by atoms with Gasteiger partial charge in [-0.25, -0.2) is 9.97 Å². The molecule has 0 fully saturated rings. The van der Waals surface area contributed by atoms with Crippen LogP contribution >= 0.6 is 23.1 Å². The minimum absolute atomic E-state index is 0.756. The number of fused-ring (bicyclic) bond motifs is 1. The Labute approximate surface area is 175 Å². The molecule has 0 amide bonds. The fourth-order valence-corrected chi connectivity index (χ4v) is 5.20. The number of thiophene rings is 1. The molecule has 4 aromatic heterocycles. The second-order valence-corrected chi connectivity index (χ2v) is 8.62. The normalized spacial score (nSPS) is 11.2. The SMILES string of the molecule is Cc1sc2ncnc(Sc3nnc(-c4ccncc4)n3-c3ccccc3)c2c1C. The van der Waals surface area contributed by atoms with E-state index >= 15 is 0 Å². The van der Waals surface area contributed by atoms with Crippen LogP contribution in [0.2, 0.25) is 0 Å². The highest BCUT2D eigenvalue weighted by molar-refractivity contribution is 7.99. The van der Waals surface area contributed by atoms with Crippen LogP contribution in [-0.4, -0.2) is 29.7 Å². The maximum absolute atomic E-state index is 4.56. The van der Waals surface area contributed by atoms with Gasteiger partial charge in [-0.15, -0.1) is 21.5 Å². The van der Waals surface area contributed by atoms with E-state index in [0.29, 0.717) is 0 Å². The van der Waals surface area contributed by atoms with E-state index < -0.39 is 0 Å². The molecule has 0 aliphatic rings. The van der Waals surface area contributed by atoms with Gasteiger partial charge in [0, 0.05) is 33.9 Å². The van der Waals surface area contributed by atoms with Gasteiger partial charge in [-0.1, -0.05) is 18.2 Å². The fourth-order valence-electron chi connectivity index (χ4n) is 3.15. The molecule has 29 heavy (non-hydrogen) atoms. The van der Waals surface area contributed by atoms with Crippen LogP contribution in [0.1, 0.15) is 10.4 Å². The van der Waals surface area contributed by atoms with Crippen LogP contribution in [0.25, 0.3) is 27.3 Å². The second kappa shape index (κ2) is 7.38. The zero-order valence-electron chi connectivity index (χ0n) is 15.8. The monoisotopic (exact) mass is 416 g/mol. The Balaban J connectivity index is 1.68. The summed E-state index contributed by atoms with van der Waals surface area (Å²) in [5, 5.41) is 11.7. The second-order valence-electron chi connectivity index (χ2n) is 6.46. The molecule has 0 saturated carbocycles. The molecule has 142 valence electrons. The first kappa shape index (κ1) is 18.0. The van der Waals surface area contributed by atoms with Crippen molar-refractivity contribution in [1.29, 1.82) is 0 Å². The quantitative estimate of drug-likeness (QED) is 0.380. The van der Waals surface area contributed by atoms with Crippen molar-refractivity contribution in [2.45, 2.75) is 24.0 Å².